The lowest BCUT2D eigenvalue weighted by molar-refractivity contribution is -0.150. The summed E-state index contributed by atoms with van der Waals surface area (Å²) < 4.78 is 5.08. The van der Waals surface area contributed by atoms with E-state index >= 15 is 0 Å². The molecule has 0 aliphatic rings. The zero-order chi connectivity index (χ0) is 21.4. The molecule has 2 rings (SSSR count). The van der Waals surface area contributed by atoms with E-state index in [-0.39, 0.29) is 17.7 Å². The summed E-state index contributed by atoms with van der Waals surface area (Å²) in [5.74, 6) is -2.13. The molecule has 154 valence electrons. The fourth-order valence-electron chi connectivity index (χ4n) is 2.42. The van der Waals surface area contributed by atoms with E-state index < -0.39 is 24.5 Å². The standard InChI is InChI=1S/C20H23N3O5S/c1-12(2)17(23-19(26)15-8-5-9-29-15)20(27)28-11-16(24)22-14-7-4-6-13(10-14)18(25)21-3/h4-10,12,17H,11H2,1-3H3,(H,21,25)(H,22,24)(H,23,26)/t17-/m0/s1. The Morgan fingerprint density at radius 3 is 2.45 bits per heavy atom. The lowest BCUT2D eigenvalue weighted by Crippen LogP contribution is -2.45. The Kier molecular flexibility index (Phi) is 7.90. The van der Waals surface area contributed by atoms with E-state index in [0.717, 1.165) is 0 Å². The maximum atomic E-state index is 12.4. The Morgan fingerprint density at radius 1 is 1.07 bits per heavy atom. The lowest BCUT2D eigenvalue weighted by atomic mass is 10.0. The average Bonchev–Trinajstić information content (AvgIpc) is 3.24. The number of amides is 3. The molecule has 0 saturated carbocycles. The van der Waals surface area contributed by atoms with Crippen LogP contribution in [0, 0.1) is 5.92 Å². The van der Waals surface area contributed by atoms with Crippen molar-refractivity contribution in [2.75, 3.05) is 19.0 Å². The Morgan fingerprint density at radius 2 is 1.83 bits per heavy atom. The van der Waals surface area contributed by atoms with Gasteiger partial charge >= 0.3 is 5.97 Å². The van der Waals surface area contributed by atoms with E-state index in [1.807, 2.05) is 0 Å². The Hall–Kier alpha value is -3.20. The van der Waals surface area contributed by atoms with Crippen molar-refractivity contribution >= 4 is 40.7 Å². The lowest BCUT2D eigenvalue weighted by Gasteiger charge is -2.20. The van der Waals surface area contributed by atoms with Crippen LogP contribution in [0.1, 0.15) is 33.9 Å². The van der Waals surface area contributed by atoms with E-state index in [1.54, 1.807) is 49.6 Å². The van der Waals surface area contributed by atoms with Crippen LogP contribution in [0.5, 0.6) is 0 Å². The van der Waals surface area contributed by atoms with Gasteiger partial charge in [-0.1, -0.05) is 26.0 Å². The van der Waals surface area contributed by atoms with Gasteiger partial charge in [0, 0.05) is 18.3 Å². The number of anilines is 1. The molecule has 2 aromatic rings. The quantitative estimate of drug-likeness (QED) is 0.569. The van der Waals surface area contributed by atoms with E-state index in [9.17, 15) is 19.2 Å². The monoisotopic (exact) mass is 417 g/mol. The maximum absolute atomic E-state index is 12.4. The van der Waals surface area contributed by atoms with E-state index in [1.165, 1.54) is 24.5 Å². The molecule has 8 nitrogen and oxygen atoms in total. The van der Waals surface area contributed by atoms with E-state index in [0.29, 0.717) is 16.1 Å². The third-order valence-electron chi connectivity index (χ3n) is 3.93. The molecule has 1 aromatic carbocycles. The highest BCUT2D eigenvalue weighted by molar-refractivity contribution is 7.12. The van der Waals surface area contributed by atoms with Gasteiger partial charge in [-0.3, -0.25) is 14.4 Å². The molecule has 0 aliphatic heterocycles. The van der Waals surface area contributed by atoms with Gasteiger partial charge in [0.15, 0.2) is 6.61 Å². The van der Waals surface area contributed by atoms with Gasteiger partial charge in [0.2, 0.25) is 0 Å². The minimum absolute atomic E-state index is 0.223. The highest BCUT2D eigenvalue weighted by Crippen LogP contribution is 2.12. The van der Waals surface area contributed by atoms with Crippen molar-refractivity contribution in [3.8, 4) is 0 Å². The van der Waals surface area contributed by atoms with Gasteiger partial charge in [0.1, 0.15) is 6.04 Å². The summed E-state index contributed by atoms with van der Waals surface area (Å²) >= 11 is 1.26. The Balaban J connectivity index is 1.91. The van der Waals surface area contributed by atoms with Gasteiger partial charge in [-0.15, -0.1) is 11.3 Å². The number of rotatable bonds is 8. The smallest absolute Gasteiger partial charge is 0.329 e. The van der Waals surface area contributed by atoms with Gasteiger partial charge in [-0.25, -0.2) is 4.79 Å². The molecular weight excluding hydrogens is 394 g/mol. The van der Waals surface area contributed by atoms with Gasteiger partial charge in [-0.05, 0) is 35.6 Å². The summed E-state index contributed by atoms with van der Waals surface area (Å²) in [7, 11) is 1.51. The molecule has 0 aliphatic carbocycles. The minimum Gasteiger partial charge on any atom is -0.454 e. The van der Waals surface area contributed by atoms with Gasteiger partial charge in [-0.2, -0.15) is 0 Å². The number of carbonyl (C=O) groups is 4. The summed E-state index contributed by atoms with van der Waals surface area (Å²) in [6.45, 7) is 3.02. The van der Waals surface area contributed by atoms with Crippen molar-refractivity contribution in [1.82, 2.24) is 10.6 Å². The van der Waals surface area contributed by atoms with Crippen molar-refractivity contribution in [3.63, 3.8) is 0 Å². The highest BCUT2D eigenvalue weighted by atomic mass is 32.1. The zero-order valence-corrected chi connectivity index (χ0v) is 17.2. The van der Waals surface area contributed by atoms with Crippen LogP contribution in [0.4, 0.5) is 5.69 Å². The van der Waals surface area contributed by atoms with Gasteiger partial charge in [0.05, 0.1) is 4.88 Å². The summed E-state index contributed by atoms with van der Waals surface area (Å²) in [5.41, 5.74) is 0.789. The highest BCUT2D eigenvalue weighted by Gasteiger charge is 2.27. The summed E-state index contributed by atoms with van der Waals surface area (Å²) in [6.07, 6.45) is 0. The predicted octanol–water partition coefficient (Wildman–Crippen LogP) is 2.04. The first-order valence-electron chi connectivity index (χ1n) is 8.94. The van der Waals surface area contributed by atoms with E-state index in [2.05, 4.69) is 16.0 Å². The molecule has 0 fully saturated rings. The van der Waals surface area contributed by atoms with Gasteiger partial charge in [0.25, 0.3) is 17.7 Å². The summed E-state index contributed by atoms with van der Waals surface area (Å²) in [5, 5.41) is 9.47. The van der Waals surface area contributed by atoms with Crippen molar-refractivity contribution in [2.45, 2.75) is 19.9 Å². The zero-order valence-electron chi connectivity index (χ0n) is 16.4. The second-order valence-corrected chi connectivity index (χ2v) is 7.44. The number of thiophene rings is 1. The molecule has 1 heterocycles. The number of carbonyl (C=O) groups excluding carboxylic acids is 4. The second kappa shape index (κ2) is 10.4. The normalized spacial score (nSPS) is 11.4. The van der Waals surface area contributed by atoms with Crippen molar-refractivity contribution in [3.05, 3.63) is 52.2 Å². The maximum Gasteiger partial charge on any atom is 0.329 e. The van der Waals surface area contributed by atoms with Gasteiger partial charge < -0.3 is 20.7 Å². The largest absolute Gasteiger partial charge is 0.454 e. The minimum atomic E-state index is -0.881. The number of esters is 1. The Bertz CT molecular complexity index is 880. The predicted molar refractivity (Wildman–Crippen MR) is 110 cm³/mol. The van der Waals surface area contributed by atoms with Crippen molar-refractivity contribution in [2.24, 2.45) is 5.92 Å². The first-order valence-corrected chi connectivity index (χ1v) is 9.82. The van der Waals surface area contributed by atoms with Crippen LogP contribution in [0.25, 0.3) is 0 Å². The van der Waals surface area contributed by atoms with Crippen LogP contribution in [0.3, 0.4) is 0 Å². The number of hydrogen-bond donors (Lipinski definition) is 3. The molecule has 3 amide bonds. The van der Waals surface area contributed by atoms with E-state index in [4.69, 9.17) is 4.74 Å². The third kappa shape index (κ3) is 6.42. The number of nitrogens with one attached hydrogen (secondary N) is 3. The third-order valence-corrected chi connectivity index (χ3v) is 4.80. The molecule has 0 unspecified atom stereocenters. The molecule has 0 saturated heterocycles. The number of benzene rings is 1. The second-order valence-electron chi connectivity index (χ2n) is 6.49. The summed E-state index contributed by atoms with van der Waals surface area (Å²) in [6, 6.07) is 8.88. The first kappa shape index (κ1) is 22.1. The number of ether oxygens (including phenoxy) is 1. The molecule has 1 atom stereocenters. The fraction of sp³-hybridized carbons (Fsp3) is 0.300. The number of hydrogen-bond acceptors (Lipinski definition) is 6. The Labute approximate surface area is 172 Å². The molecule has 3 N–H and O–H groups in total. The van der Waals surface area contributed by atoms with Crippen LogP contribution in [-0.2, 0) is 14.3 Å². The first-order chi connectivity index (χ1) is 13.8. The molecule has 9 heteroatoms. The molecular formula is C20H23N3O5S. The summed E-state index contributed by atoms with van der Waals surface area (Å²) in [4.78, 5) is 48.8. The molecule has 29 heavy (non-hydrogen) atoms. The van der Waals surface area contributed by atoms with Crippen LogP contribution >= 0.6 is 11.3 Å². The van der Waals surface area contributed by atoms with Crippen LogP contribution in [-0.4, -0.2) is 43.4 Å². The molecule has 1 aromatic heterocycles. The van der Waals surface area contributed by atoms with Crippen LogP contribution in [0.15, 0.2) is 41.8 Å². The molecule has 0 spiro atoms. The fourth-order valence-corrected chi connectivity index (χ4v) is 3.05. The van der Waals surface area contributed by atoms with Crippen LogP contribution in [0.2, 0.25) is 0 Å². The average molecular weight is 417 g/mol. The van der Waals surface area contributed by atoms with Crippen LogP contribution < -0.4 is 16.0 Å². The topological polar surface area (TPSA) is 114 Å². The molecule has 0 bridgehead atoms. The van der Waals surface area contributed by atoms with Crippen molar-refractivity contribution < 1.29 is 23.9 Å². The molecule has 0 radical (unpaired) electrons. The SMILES string of the molecule is CNC(=O)c1cccc(NC(=O)COC(=O)[C@@H](NC(=O)c2cccs2)C(C)C)c1. The van der Waals surface area contributed by atoms with Crippen molar-refractivity contribution in [1.29, 1.82) is 0 Å².